The maximum absolute atomic E-state index is 6.27. The van der Waals surface area contributed by atoms with Crippen LogP contribution in [0.3, 0.4) is 0 Å². The van der Waals surface area contributed by atoms with Crippen molar-refractivity contribution in [1.29, 1.82) is 0 Å². The Hall–Kier alpha value is -3.78. The van der Waals surface area contributed by atoms with Gasteiger partial charge in [0.1, 0.15) is 0 Å². The number of fused-ring (bicyclic) bond motifs is 4. The maximum atomic E-state index is 6.27. The van der Waals surface area contributed by atoms with Crippen molar-refractivity contribution >= 4 is 17.6 Å². The van der Waals surface area contributed by atoms with E-state index in [1.54, 1.807) is 4.68 Å². The van der Waals surface area contributed by atoms with Crippen LogP contribution in [0.1, 0.15) is 54.9 Å². The van der Waals surface area contributed by atoms with Gasteiger partial charge in [0.2, 0.25) is 11.9 Å². The summed E-state index contributed by atoms with van der Waals surface area (Å²) in [5, 5.41) is 20.7. The number of aromatic nitrogens is 5. The number of nitrogens with one attached hydrogen (secondary N) is 2. The van der Waals surface area contributed by atoms with Crippen molar-refractivity contribution in [3.63, 3.8) is 0 Å². The molecule has 2 aromatic carbocycles. The van der Waals surface area contributed by atoms with Crippen LogP contribution in [-0.2, 0) is 25.7 Å². The first-order chi connectivity index (χ1) is 18.2. The quantitative estimate of drug-likeness (QED) is 0.331. The van der Waals surface area contributed by atoms with Crippen molar-refractivity contribution < 1.29 is 0 Å². The third-order valence-electron chi connectivity index (χ3n) is 7.54. The summed E-state index contributed by atoms with van der Waals surface area (Å²) in [7, 11) is 0. The van der Waals surface area contributed by atoms with E-state index >= 15 is 0 Å². The minimum Gasteiger partial charge on any atom is -0.368 e. The Morgan fingerprint density at radius 1 is 0.919 bits per heavy atom. The number of nitrogen functional groups attached to an aromatic ring is 1. The molecule has 0 bridgehead atoms. The van der Waals surface area contributed by atoms with Gasteiger partial charge in [0.15, 0.2) is 5.82 Å². The van der Waals surface area contributed by atoms with Gasteiger partial charge in [-0.3, -0.25) is 0 Å². The Bertz CT molecular complexity index is 1410. The zero-order valence-corrected chi connectivity index (χ0v) is 21.4. The van der Waals surface area contributed by atoms with E-state index in [4.69, 9.17) is 5.73 Å². The van der Waals surface area contributed by atoms with Gasteiger partial charge in [-0.15, -0.1) is 15.3 Å². The van der Waals surface area contributed by atoms with E-state index in [1.165, 1.54) is 35.1 Å². The van der Waals surface area contributed by atoms with Crippen molar-refractivity contribution in [2.24, 2.45) is 0 Å². The molecule has 37 heavy (non-hydrogen) atoms. The summed E-state index contributed by atoms with van der Waals surface area (Å²) < 4.78 is 1.57. The summed E-state index contributed by atoms with van der Waals surface area (Å²) >= 11 is 0. The normalized spacial score (nSPS) is 16.7. The van der Waals surface area contributed by atoms with Crippen molar-refractivity contribution in [2.45, 2.75) is 64.3 Å². The van der Waals surface area contributed by atoms with Gasteiger partial charge in [0.25, 0.3) is 0 Å². The molecular weight excluding hydrogens is 460 g/mol. The molecule has 0 fully saturated rings. The minimum atomic E-state index is 0.283. The van der Waals surface area contributed by atoms with Crippen LogP contribution < -0.4 is 16.4 Å². The molecule has 8 heteroatoms. The predicted molar refractivity (Wildman–Crippen MR) is 147 cm³/mol. The number of benzene rings is 2. The van der Waals surface area contributed by atoms with Crippen LogP contribution in [0.4, 0.5) is 17.6 Å². The molecule has 0 saturated heterocycles. The average Bonchev–Trinajstić information content (AvgIpc) is 3.06. The zero-order chi connectivity index (χ0) is 25.2. The SMILES string of the molecule is CCCN[C@H]1CCc2ccc(Nc3nc(N)n(-c4cc5c(nn4)-c4ccccc4CCC5)n3)cc2CC1. The summed E-state index contributed by atoms with van der Waals surface area (Å²) in [5.74, 6) is 1.32. The molecule has 4 aromatic rings. The Labute approximate surface area is 217 Å². The smallest absolute Gasteiger partial charge is 0.248 e. The van der Waals surface area contributed by atoms with E-state index in [2.05, 4.69) is 80.3 Å². The third-order valence-corrected chi connectivity index (χ3v) is 7.54. The fourth-order valence-corrected chi connectivity index (χ4v) is 5.59. The van der Waals surface area contributed by atoms with Gasteiger partial charge in [-0.25, -0.2) is 0 Å². The molecule has 8 nitrogen and oxygen atoms in total. The molecule has 0 aliphatic heterocycles. The molecule has 2 aromatic heterocycles. The van der Waals surface area contributed by atoms with Crippen molar-refractivity contribution in [2.75, 3.05) is 17.6 Å². The largest absolute Gasteiger partial charge is 0.368 e. The second-order valence-electron chi connectivity index (χ2n) is 10.1. The lowest BCUT2D eigenvalue weighted by atomic mass is 10.0. The predicted octanol–water partition coefficient (Wildman–Crippen LogP) is 4.79. The fourth-order valence-electron chi connectivity index (χ4n) is 5.59. The summed E-state index contributed by atoms with van der Waals surface area (Å²) in [6.45, 7) is 3.31. The van der Waals surface area contributed by atoms with Gasteiger partial charge in [-0.2, -0.15) is 9.67 Å². The first kappa shape index (κ1) is 23.6. The van der Waals surface area contributed by atoms with Crippen LogP contribution >= 0.6 is 0 Å². The minimum absolute atomic E-state index is 0.283. The lowest BCUT2D eigenvalue weighted by Crippen LogP contribution is -2.29. The number of aryl methyl sites for hydroxylation is 4. The highest BCUT2D eigenvalue weighted by Gasteiger charge is 2.20. The van der Waals surface area contributed by atoms with Crippen LogP contribution in [-0.4, -0.2) is 37.5 Å². The van der Waals surface area contributed by atoms with Gasteiger partial charge in [-0.1, -0.05) is 37.3 Å². The molecule has 190 valence electrons. The van der Waals surface area contributed by atoms with Crippen LogP contribution in [0.25, 0.3) is 17.1 Å². The summed E-state index contributed by atoms with van der Waals surface area (Å²) in [6, 6.07) is 17.7. The third kappa shape index (κ3) is 4.93. The van der Waals surface area contributed by atoms with Crippen LogP contribution in [0.2, 0.25) is 0 Å². The van der Waals surface area contributed by atoms with Gasteiger partial charge < -0.3 is 16.4 Å². The maximum Gasteiger partial charge on any atom is 0.248 e. The first-order valence-corrected chi connectivity index (χ1v) is 13.5. The van der Waals surface area contributed by atoms with E-state index in [9.17, 15) is 0 Å². The Kier molecular flexibility index (Phi) is 6.57. The van der Waals surface area contributed by atoms with E-state index in [0.29, 0.717) is 17.8 Å². The van der Waals surface area contributed by atoms with Gasteiger partial charge >= 0.3 is 0 Å². The molecule has 1 atom stereocenters. The second-order valence-corrected chi connectivity index (χ2v) is 10.1. The Balaban J connectivity index is 1.21. The van der Waals surface area contributed by atoms with Crippen LogP contribution in [0, 0.1) is 0 Å². The molecule has 2 aliphatic carbocycles. The van der Waals surface area contributed by atoms with Gasteiger partial charge in [0.05, 0.1) is 5.69 Å². The summed E-state index contributed by atoms with van der Waals surface area (Å²) in [5.41, 5.74) is 14.7. The molecule has 2 aliphatic rings. The van der Waals surface area contributed by atoms with E-state index in [-0.39, 0.29) is 5.95 Å². The number of anilines is 3. The fraction of sp³-hybridized carbons (Fsp3) is 0.379. The number of nitrogens with two attached hydrogens (primary N) is 1. The van der Waals surface area contributed by atoms with Gasteiger partial charge in [-0.05, 0) is 98.4 Å². The topological polar surface area (TPSA) is 107 Å². The highest BCUT2D eigenvalue weighted by Crippen LogP contribution is 2.31. The standard InChI is InChI=1S/C29H34N8/c1-2-16-31-23-13-10-19-11-15-24(17-21(19)12-14-23)32-29-33-28(30)37(36-29)26-18-22-8-5-7-20-6-3-4-9-25(20)27(22)35-34-26/h3-4,6,9,11,15,17-18,23,31H,2,5,7-8,10,12-14,16H2,1H3,(H3,30,32,33,36)/t23-/m0/s1. The van der Waals surface area contributed by atoms with Gasteiger partial charge in [0, 0.05) is 17.3 Å². The Morgan fingerprint density at radius 3 is 2.65 bits per heavy atom. The number of hydrogen-bond acceptors (Lipinski definition) is 7. The lowest BCUT2D eigenvalue weighted by Gasteiger charge is -2.15. The van der Waals surface area contributed by atoms with Crippen molar-refractivity contribution in [3.05, 3.63) is 70.8 Å². The number of rotatable bonds is 6. The molecule has 2 heterocycles. The molecule has 0 amide bonds. The Morgan fingerprint density at radius 2 is 1.76 bits per heavy atom. The first-order valence-electron chi connectivity index (χ1n) is 13.5. The van der Waals surface area contributed by atoms with E-state index in [1.807, 2.05) is 6.07 Å². The second kappa shape index (κ2) is 10.3. The molecule has 0 radical (unpaired) electrons. The van der Waals surface area contributed by atoms with Crippen LogP contribution in [0.5, 0.6) is 0 Å². The molecule has 6 rings (SSSR count). The molecule has 0 unspecified atom stereocenters. The van der Waals surface area contributed by atoms with E-state index in [0.717, 1.165) is 62.0 Å². The zero-order valence-electron chi connectivity index (χ0n) is 21.4. The monoisotopic (exact) mass is 494 g/mol. The molecule has 0 saturated carbocycles. The molecule has 0 spiro atoms. The highest BCUT2D eigenvalue weighted by molar-refractivity contribution is 5.68. The van der Waals surface area contributed by atoms with Crippen molar-refractivity contribution in [3.8, 4) is 17.1 Å². The number of nitrogens with zero attached hydrogens (tertiary/aromatic N) is 5. The number of hydrogen-bond donors (Lipinski definition) is 3. The van der Waals surface area contributed by atoms with Crippen molar-refractivity contribution in [1.82, 2.24) is 30.3 Å². The average molecular weight is 495 g/mol. The molecular formula is C29H34N8. The highest BCUT2D eigenvalue weighted by atomic mass is 15.4. The lowest BCUT2D eigenvalue weighted by molar-refractivity contribution is 0.464. The van der Waals surface area contributed by atoms with Crippen LogP contribution in [0.15, 0.2) is 48.5 Å². The summed E-state index contributed by atoms with van der Waals surface area (Å²) in [6.07, 6.45) is 8.76. The van der Waals surface area contributed by atoms with E-state index < -0.39 is 0 Å². The summed E-state index contributed by atoms with van der Waals surface area (Å²) in [4.78, 5) is 4.47. The molecule has 4 N–H and O–H groups in total.